The first-order chi connectivity index (χ1) is 8.20. The van der Waals surface area contributed by atoms with E-state index in [9.17, 15) is 9.90 Å². The normalized spacial score (nSPS) is 12.6. The maximum Gasteiger partial charge on any atom is 0.312 e. The minimum atomic E-state index is -0.801. The molecule has 0 aliphatic carbocycles. The van der Waals surface area contributed by atoms with Gasteiger partial charge in [0.1, 0.15) is 11.7 Å². The van der Waals surface area contributed by atoms with E-state index in [0.717, 1.165) is 25.7 Å². The van der Waals surface area contributed by atoms with Crippen LogP contribution in [0.25, 0.3) is 0 Å². The molecular formula is C13H21NO3. The van der Waals surface area contributed by atoms with Gasteiger partial charge in [0, 0.05) is 6.42 Å². The lowest BCUT2D eigenvalue weighted by molar-refractivity contribution is -0.139. The second-order valence-corrected chi connectivity index (χ2v) is 4.25. The van der Waals surface area contributed by atoms with E-state index in [2.05, 4.69) is 11.9 Å². The monoisotopic (exact) mass is 239 g/mol. The van der Waals surface area contributed by atoms with Crippen LogP contribution in [0, 0.1) is 0 Å². The van der Waals surface area contributed by atoms with E-state index in [1.807, 2.05) is 6.92 Å². The molecule has 4 heteroatoms. The second kappa shape index (κ2) is 7.09. The summed E-state index contributed by atoms with van der Waals surface area (Å²) in [5, 5.41) is 9.24. The van der Waals surface area contributed by atoms with E-state index >= 15 is 0 Å². The van der Waals surface area contributed by atoms with Gasteiger partial charge in [-0.25, -0.2) is 4.98 Å². The van der Waals surface area contributed by atoms with Gasteiger partial charge in [0.2, 0.25) is 0 Å². The molecule has 0 aliphatic heterocycles. The molecule has 1 aromatic heterocycles. The fraction of sp³-hybridized carbons (Fsp3) is 0.692. The number of aliphatic carboxylic acids is 1. The van der Waals surface area contributed by atoms with Crippen molar-refractivity contribution in [2.75, 3.05) is 0 Å². The zero-order chi connectivity index (χ0) is 12.7. The summed E-state index contributed by atoms with van der Waals surface area (Å²) in [6, 6.07) is 0. The van der Waals surface area contributed by atoms with Crippen LogP contribution < -0.4 is 0 Å². The van der Waals surface area contributed by atoms with Gasteiger partial charge in [-0.05, 0) is 6.42 Å². The number of unbranched alkanes of at least 4 members (excludes halogenated alkanes) is 3. The maximum absolute atomic E-state index is 11.2. The Balaban J connectivity index is 2.63. The summed E-state index contributed by atoms with van der Waals surface area (Å²) in [5.41, 5.74) is 0.608. The zero-order valence-corrected chi connectivity index (χ0v) is 10.6. The quantitative estimate of drug-likeness (QED) is 0.706. The van der Waals surface area contributed by atoms with Gasteiger partial charge in [0.15, 0.2) is 6.39 Å². The van der Waals surface area contributed by atoms with Crippen LogP contribution in [0.5, 0.6) is 0 Å². The van der Waals surface area contributed by atoms with Gasteiger partial charge in [0.05, 0.1) is 5.69 Å². The Morgan fingerprint density at radius 2 is 2.18 bits per heavy atom. The van der Waals surface area contributed by atoms with E-state index in [1.165, 1.54) is 6.39 Å². The first-order valence-electron chi connectivity index (χ1n) is 6.35. The van der Waals surface area contributed by atoms with E-state index in [1.54, 1.807) is 0 Å². The number of carbonyl (C=O) groups is 1. The average molecular weight is 239 g/mol. The number of aromatic nitrogens is 1. The number of aryl methyl sites for hydroxylation is 1. The molecule has 0 amide bonds. The number of nitrogens with zero attached hydrogens (tertiary/aromatic N) is 1. The van der Waals surface area contributed by atoms with Crippen molar-refractivity contribution in [3.63, 3.8) is 0 Å². The van der Waals surface area contributed by atoms with Gasteiger partial charge in [-0.1, -0.05) is 39.5 Å². The Labute approximate surface area is 102 Å². The first kappa shape index (κ1) is 13.7. The molecule has 1 heterocycles. The van der Waals surface area contributed by atoms with Crippen LogP contribution in [0.1, 0.15) is 63.3 Å². The number of carboxylic acid groups (broad SMARTS) is 1. The molecule has 1 N–H and O–H groups in total. The lowest BCUT2D eigenvalue weighted by Gasteiger charge is -2.10. The van der Waals surface area contributed by atoms with E-state index in [0.29, 0.717) is 24.3 Å². The van der Waals surface area contributed by atoms with Crippen molar-refractivity contribution >= 4 is 5.97 Å². The number of hydrogen-bond acceptors (Lipinski definition) is 3. The number of rotatable bonds is 8. The zero-order valence-electron chi connectivity index (χ0n) is 10.6. The molecule has 1 unspecified atom stereocenters. The Hall–Kier alpha value is -1.32. The average Bonchev–Trinajstić information content (AvgIpc) is 2.76. The summed E-state index contributed by atoms with van der Waals surface area (Å²) in [6.07, 6.45) is 7.01. The number of carboxylic acids is 1. The third kappa shape index (κ3) is 3.88. The molecule has 0 radical (unpaired) electrons. The molecule has 4 nitrogen and oxygen atoms in total. The smallest absolute Gasteiger partial charge is 0.312 e. The molecule has 0 bridgehead atoms. The fourth-order valence-electron chi connectivity index (χ4n) is 1.98. The van der Waals surface area contributed by atoms with Crippen molar-refractivity contribution < 1.29 is 14.3 Å². The lowest BCUT2D eigenvalue weighted by atomic mass is 9.96. The van der Waals surface area contributed by atoms with Crippen molar-refractivity contribution in [2.45, 2.75) is 58.3 Å². The van der Waals surface area contributed by atoms with Crippen molar-refractivity contribution in [1.29, 1.82) is 0 Å². The fourth-order valence-corrected chi connectivity index (χ4v) is 1.98. The standard InChI is InChI=1S/C13H21NO3/c1-3-5-6-7-8-10(13(15)16)12-11(4-2)17-9-14-12/h9-10H,3-8H2,1-2H3,(H,15,16). The molecule has 1 atom stereocenters. The van der Waals surface area contributed by atoms with Gasteiger partial charge in [-0.3, -0.25) is 4.79 Å². The minimum Gasteiger partial charge on any atom is -0.481 e. The maximum atomic E-state index is 11.2. The molecule has 1 rings (SSSR count). The molecule has 0 fully saturated rings. The van der Waals surface area contributed by atoms with Crippen molar-refractivity contribution in [1.82, 2.24) is 4.98 Å². The molecule has 96 valence electrons. The van der Waals surface area contributed by atoms with Gasteiger partial charge >= 0.3 is 5.97 Å². The van der Waals surface area contributed by atoms with Gasteiger partial charge < -0.3 is 9.52 Å². The number of hydrogen-bond donors (Lipinski definition) is 1. The van der Waals surface area contributed by atoms with Crippen LogP contribution in [-0.4, -0.2) is 16.1 Å². The summed E-state index contributed by atoms with van der Waals surface area (Å²) in [7, 11) is 0. The third-order valence-electron chi connectivity index (χ3n) is 2.97. The van der Waals surface area contributed by atoms with Crippen LogP contribution in [0.3, 0.4) is 0 Å². The molecule has 0 saturated carbocycles. The van der Waals surface area contributed by atoms with E-state index < -0.39 is 11.9 Å². The summed E-state index contributed by atoms with van der Waals surface area (Å²) >= 11 is 0. The van der Waals surface area contributed by atoms with E-state index in [-0.39, 0.29) is 0 Å². The van der Waals surface area contributed by atoms with Gasteiger partial charge in [-0.2, -0.15) is 0 Å². The highest BCUT2D eigenvalue weighted by molar-refractivity contribution is 5.75. The van der Waals surface area contributed by atoms with E-state index in [4.69, 9.17) is 4.42 Å². The molecule has 1 aromatic rings. The number of oxazole rings is 1. The van der Waals surface area contributed by atoms with Gasteiger partial charge in [0.25, 0.3) is 0 Å². The summed E-state index contributed by atoms with van der Waals surface area (Å²) in [4.78, 5) is 15.3. The van der Waals surface area contributed by atoms with Crippen LogP contribution in [0.4, 0.5) is 0 Å². The first-order valence-corrected chi connectivity index (χ1v) is 6.35. The molecule has 0 aliphatic rings. The Kier molecular flexibility index (Phi) is 5.73. The second-order valence-electron chi connectivity index (χ2n) is 4.25. The van der Waals surface area contributed by atoms with Crippen LogP contribution in [0.15, 0.2) is 10.8 Å². The predicted octanol–water partition coefficient (Wildman–Crippen LogP) is 3.38. The van der Waals surface area contributed by atoms with Crippen LogP contribution >= 0.6 is 0 Å². The highest BCUT2D eigenvalue weighted by atomic mass is 16.4. The van der Waals surface area contributed by atoms with Crippen molar-refractivity contribution in [3.05, 3.63) is 17.8 Å². The highest BCUT2D eigenvalue weighted by Crippen LogP contribution is 2.25. The predicted molar refractivity (Wildman–Crippen MR) is 65.0 cm³/mol. The molecular weight excluding hydrogens is 218 g/mol. The van der Waals surface area contributed by atoms with Gasteiger partial charge in [-0.15, -0.1) is 0 Å². The van der Waals surface area contributed by atoms with Crippen LogP contribution in [-0.2, 0) is 11.2 Å². The summed E-state index contributed by atoms with van der Waals surface area (Å²) in [5.74, 6) is -0.612. The van der Waals surface area contributed by atoms with Crippen molar-refractivity contribution in [2.24, 2.45) is 0 Å². The Bertz CT molecular complexity index is 346. The molecule has 0 saturated heterocycles. The largest absolute Gasteiger partial charge is 0.481 e. The van der Waals surface area contributed by atoms with Crippen molar-refractivity contribution in [3.8, 4) is 0 Å². The SMILES string of the molecule is CCCCCCC(C(=O)O)c1ncoc1CC. The third-order valence-corrected chi connectivity index (χ3v) is 2.97. The molecule has 17 heavy (non-hydrogen) atoms. The van der Waals surface area contributed by atoms with Crippen LogP contribution in [0.2, 0.25) is 0 Å². The summed E-state index contributed by atoms with van der Waals surface area (Å²) < 4.78 is 5.20. The molecule has 0 spiro atoms. The topological polar surface area (TPSA) is 63.3 Å². The minimum absolute atomic E-state index is 0.513. The Morgan fingerprint density at radius 1 is 1.41 bits per heavy atom. The lowest BCUT2D eigenvalue weighted by Crippen LogP contribution is -2.13. The molecule has 0 aromatic carbocycles. The Morgan fingerprint density at radius 3 is 2.76 bits per heavy atom. The summed E-state index contributed by atoms with van der Waals surface area (Å²) in [6.45, 7) is 4.08. The highest BCUT2D eigenvalue weighted by Gasteiger charge is 2.25.